The van der Waals surface area contributed by atoms with E-state index >= 15 is 0 Å². The van der Waals surface area contributed by atoms with Crippen LogP contribution in [-0.4, -0.2) is 57.0 Å². The molecule has 1 N–H and O–H groups in total. The zero-order valence-corrected chi connectivity index (χ0v) is 13.4. The van der Waals surface area contributed by atoms with Gasteiger partial charge in [0.25, 0.3) is 0 Å². The van der Waals surface area contributed by atoms with E-state index in [9.17, 15) is 9.59 Å². The van der Waals surface area contributed by atoms with Crippen LogP contribution >= 0.6 is 0 Å². The van der Waals surface area contributed by atoms with E-state index < -0.39 is 5.97 Å². The zero-order valence-electron chi connectivity index (χ0n) is 13.4. The van der Waals surface area contributed by atoms with Crippen LogP contribution in [0.15, 0.2) is 30.5 Å². The summed E-state index contributed by atoms with van der Waals surface area (Å²) < 4.78 is 2.08. The normalized spacial score (nSPS) is 19.5. The first-order chi connectivity index (χ1) is 11.0. The van der Waals surface area contributed by atoms with Crippen molar-refractivity contribution in [3.8, 4) is 0 Å². The highest BCUT2D eigenvalue weighted by Gasteiger charge is 2.32. The van der Waals surface area contributed by atoms with Gasteiger partial charge in [-0.25, -0.2) is 0 Å². The Morgan fingerprint density at radius 1 is 1.30 bits per heavy atom. The number of aliphatic carboxylic acids is 1. The van der Waals surface area contributed by atoms with E-state index in [0.29, 0.717) is 19.6 Å². The number of carboxylic acids is 1. The molecule has 1 aromatic heterocycles. The predicted molar refractivity (Wildman–Crippen MR) is 87.0 cm³/mol. The third-order valence-corrected chi connectivity index (χ3v) is 4.54. The number of carbonyl (C=O) groups excluding carboxylic acids is 1. The number of fused-ring (bicyclic) bond motifs is 1. The first-order valence-corrected chi connectivity index (χ1v) is 7.74. The van der Waals surface area contributed by atoms with E-state index in [2.05, 4.69) is 33.7 Å². The van der Waals surface area contributed by atoms with Gasteiger partial charge in [-0.1, -0.05) is 12.1 Å². The van der Waals surface area contributed by atoms with Crippen LogP contribution < -0.4 is 0 Å². The number of piperazine rings is 1. The molecular formula is C17H21N3O3. The van der Waals surface area contributed by atoms with Gasteiger partial charge in [-0.05, 0) is 30.0 Å². The summed E-state index contributed by atoms with van der Waals surface area (Å²) >= 11 is 0. The highest BCUT2D eigenvalue weighted by molar-refractivity contribution is 5.85. The van der Waals surface area contributed by atoms with Crippen LogP contribution in [0.1, 0.15) is 12.5 Å². The molecule has 6 heteroatoms. The molecule has 2 heterocycles. The fourth-order valence-electron chi connectivity index (χ4n) is 3.15. The maximum absolute atomic E-state index is 12.3. The summed E-state index contributed by atoms with van der Waals surface area (Å²) in [6.07, 6.45) is 2.03. The third-order valence-electron chi connectivity index (χ3n) is 4.54. The minimum absolute atomic E-state index is 0.112. The van der Waals surface area contributed by atoms with Crippen LogP contribution in [0, 0.1) is 0 Å². The number of aryl methyl sites for hydroxylation is 1. The summed E-state index contributed by atoms with van der Waals surface area (Å²) in [5.41, 5.74) is 2.33. The summed E-state index contributed by atoms with van der Waals surface area (Å²) in [6, 6.07) is 8.11. The molecule has 0 unspecified atom stereocenters. The molecule has 122 valence electrons. The summed E-state index contributed by atoms with van der Waals surface area (Å²) in [6.45, 7) is 3.46. The average molecular weight is 315 g/mol. The number of amides is 1. The number of aromatic nitrogens is 1. The number of nitrogens with zero attached hydrogens (tertiary/aromatic N) is 3. The van der Waals surface area contributed by atoms with E-state index in [-0.39, 0.29) is 18.5 Å². The standard InChI is InChI=1S/C17H21N3O3/c1-12-17(23)20(11-16(21)22)8-7-19(12)10-13-3-4-14-5-6-18(2)15(14)9-13/h3-6,9,12H,7-8,10-11H2,1-2H3,(H,21,22)/t12-/m1/s1. The van der Waals surface area contributed by atoms with E-state index in [1.54, 1.807) is 0 Å². The van der Waals surface area contributed by atoms with E-state index in [1.165, 1.54) is 15.8 Å². The molecule has 6 nitrogen and oxygen atoms in total. The van der Waals surface area contributed by atoms with Crippen LogP contribution in [-0.2, 0) is 23.2 Å². The van der Waals surface area contributed by atoms with Gasteiger partial charge in [-0.3, -0.25) is 14.5 Å². The molecule has 0 aliphatic carbocycles. The Kier molecular flexibility index (Phi) is 4.09. The van der Waals surface area contributed by atoms with Crippen molar-refractivity contribution in [3.63, 3.8) is 0 Å². The Labute approximate surface area is 134 Å². The topological polar surface area (TPSA) is 65.8 Å². The van der Waals surface area contributed by atoms with E-state index in [1.807, 2.05) is 20.2 Å². The molecule has 1 atom stereocenters. The quantitative estimate of drug-likeness (QED) is 0.923. The number of hydrogen-bond acceptors (Lipinski definition) is 3. The summed E-state index contributed by atoms with van der Waals surface area (Å²) in [4.78, 5) is 26.6. The molecule has 1 saturated heterocycles. The van der Waals surface area contributed by atoms with Gasteiger partial charge >= 0.3 is 5.97 Å². The molecule has 0 saturated carbocycles. The molecule has 3 rings (SSSR count). The molecule has 0 bridgehead atoms. The molecule has 1 aliphatic heterocycles. The molecule has 0 spiro atoms. The van der Waals surface area contributed by atoms with Gasteiger partial charge in [-0.2, -0.15) is 0 Å². The maximum Gasteiger partial charge on any atom is 0.323 e. The van der Waals surface area contributed by atoms with Crippen molar-refractivity contribution in [1.82, 2.24) is 14.4 Å². The van der Waals surface area contributed by atoms with Crippen molar-refractivity contribution >= 4 is 22.8 Å². The molecule has 1 aliphatic rings. The molecule has 1 fully saturated rings. The predicted octanol–water partition coefficient (Wildman–Crippen LogP) is 1.30. The number of benzene rings is 1. The number of hydrogen-bond donors (Lipinski definition) is 1. The Morgan fingerprint density at radius 3 is 2.83 bits per heavy atom. The van der Waals surface area contributed by atoms with Crippen molar-refractivity contribution < 1.29 is 14.7 Å². The molecule has 23 heavy (non-hydrogen) atoms. The Morgan fingerprint density at radius 2 is 2.09 bits per heavy atom. The second-order valence-corrected chi connectivity index (χ2v) is 6.12. The van der Waals surface area contributed by atoms with Gasteiger partial charge in [-0.15, -0.1) is 0 Å². The first kappa shape index (κ1) is 15.6. The zero-order chi connectivity index (χ0) is 16.6. The van der Waals surface area contributed by atoms with E-state index in [0.717, 1.165) is 5.56 Å². The number of carboxylic acid groups (broad SMARTS) is 1. The summed E-state index contributed by atoms with van der Waals surface area (Å²) in [5, 5.41) is 10.1. The lowest BCUT2D eigenvalue weighted by molar-refractivity contribution is -0.150. The van der Waals surface area contributed by atoms with Crippen LogP contribution in [0.2, 0.25) is 0 Å². The van der Waals surface area contributed by atoms with Gasteiger partial charge in [0.15, 0.2) is 0 Å². The average Bonchev–Trinajstić information content (AvgIpc) is 2.88. The lowest BCUT2D eigenvalue weighted by Crippen LogP contribution is -2.56. The van der Waals surface area contributed by atoms with Gasteiger partial charge in [0, 0.05) is 38.4 Å². The first-order valence-electron chi connectivity index (χ1n) is 7.74. The minimum atomic E-state index is -0.965. The van der Waals surface area contributed by atoms with Gasteiger partial charge < -0.3 is 14.6 Å². The highest BCUT2D eigenvalue weighted by atomic mass is 16.4. The molecule has 1 aromatic carbocycles. The largest absolute Gasteiger partial charge is 0.480 e. The smallest absolute Gasteiger partial charge is 0.323 e. The monoisotopic (exact) mass is 315 g/mol. The summed E-state index contributed by atoms with van der Waals surface area (Å²) in [5.74, 6) is -1.08. The lowest BCUT2D eigenvalue weighted by Gasteiger charge is -2.38. The molecule has 0 radical (unpaired) electrons. The highest BCUT2D eigenvalue weighted by Crippen LogP contribution is 2.20. The number of carbonyl (C=O) groups is 2. The van der Waals surface area contributed by atoms with Crippen molar-refractivity contribution in [2.45, 2.75) is 19.5 Å². The van der Waals surface area contributed by atoms with Crippen molar-refractivity contribution in [3.05, 3.63) is 36.0 Å². The minimum Gasteiger partial charge on any atom is -0.480 e. The van der Waals surface area contributed by atoms with Crippen LogP contribution in [0.5, 0.6) is 0 Å². The Hall–Kier alpha value is -2.34. The lowest BCUT2D eigenvalue weighted by atomic mass is 10.1. The SMILES string of the molecule is C[C@@H]1C(=O)N(CC(=O)O)CCN1Cc1ccc2ccn(C)c2c1. The fourth-order valence-corrected chi connectivity index (χ4v) is 3.15. The second-order valence-electron chi connectivity index (χ2n) is 6.12. The third kappa shape index (κ3) is 3.07. The molecule has 1 amide bonds. The summed E-state index contributed by atoms with van der Waals surface area (Å²) in [7, 11) is 2.02. The molecule has 2 aromatic rings. The van der Waals surface area contributed by atoms with Crippen molar-refractivity contribution in [2.75, 3.05) is 19.6 Å². The van der Waals surface area contributed by atoms with Crippen LogP contribution in [0.4, 0.5) is 0 Å². The van der Waals surface area contributed by atoms with Crippen molar-refractivity contribution in [1.29, 1.82) is 0 Å². The Bertz CT molecular complexity index is 753. The number of rotatable bonds is 4. The van der Waals surface area contributed by atoms with E-state index in [4.69, 9.17) is 5.11 Å². The molecular weight excluding hydrogens is 294 g/mol. The van der Waals surface area contributed by atoms with Crippen LogP contribution in [0.3, 0.4) is 0 Å². The fraction of sp³-hybridized carbons (Fsp3) is 0.412. The van der Waals surface area contributed by atoms with Gasteiger partial charge in [0.05, 0.1) is 6.04 Å². The second kappa shape index (κ2) is 6.04. The van der Waals surface area contributed by atoms with Gasteiger partial charge in [0.1, 0.15) is 6.54 Å². The maximum atomic E-state index is 12.3. The van der Waals surface area contributed by atoms with Crippen LogP contribution in [0.25, 0.3) is 10.9 Å². The van der Waals surface area contributed by atoms with Crippen molar-refractivity contribution in [2.24, 2.45) is 7.05 Å². The van der Waals surface area contributed by atoms with Gasteiger partial charge in [0.2, 0.25) is 5.91 Å². The Balaban J connectivity index is 1.73.